The molecular weight excluding hydrogens is 368 g/mol. The molecule has 0 saturated heterocycles. The minimum Gasteiger partial charge on any atom is -0.449 e. The quantitative estimate of drug-likeness (QED) is 0.674. The Morgan fingerprint density at radius 2 is 1.78 bits per heavy atom. The van der Waals surface area contributed by atoms with Crippen LogP contribution >= 0.6 is 11.3 Å². The van der Waals surface area contributed by atoms with Gasteiger partial charge in [0.15, 0.2) is 6.10 Å². The summed E-state index contributed by atoms with van der Waals surface area (Å²) in [5.74, 6) is -1.80. The van der Waals surface area contributed by atoms with E-state index in [-0.39, 0.29) is 11.7 Å². The van der Waals surface area contributed by atoms with Gasteiger partial charge in [-0.3, -0.25) is 9.59 Å². The number of ether oxygens (including phenoxy) is 2. The van der Waals surface area contributed by atoms with Crippen molar-refractivity contribution in [3.05, 3.63) is 52.4 Å². The van der Waals surface area contributed by atoms with Gasteiger partial charge in [-0.2, -0.15) is 0 Å². The smallest absolute Gasteiger partial charge is 0.338 e. The van der Waals surface area contributed by atoms with Crippen molar-refractivity contribution < 1.29 is 23.9 Å². The van der Waals surface area contributed by atoms with Gasteiger partial charge in [0.05, 0.1) is 23.8 Å². The molecule has 0 aliphatic heterocycles. The maximum atomic E-state index is 12.2. The van der Waals surface area contributed by atoms with E-state index in [2.05, 4.69) is 5.32 Å². The Kier molecular flexibility index (Phi) is 7.09. The van der Waals surface area contributed by atoms with Crippen LogP contribution in [0.1, 0.15) is 47.1 Å². The molecule has 7 nitrogen and oxygen atoms in total. The van der Waals surface area contributed by atoms with Crippen molar-refractivity contribution in [2.75, 3.05) is 5.32 Å². The lowest BCUT2D eigenvalue weighted by Gasteiger charge is -2.13. The molecule has 0 aliphatic carbocycles. The molecule has 0 aliphatic rings. The predicted octanol–water partition coefficient (Wildman–Crippen LogP) is 2.96. The lowest BCUT2D eigenvalue weighted by atomic mass is 10.1. The van der Waals surface area contributed by atoms with Gasteiger partial charge in [-0.25, -0.2) is 4.79 Å². The molecule has 1 aromatic carbocycles. The summed E-state index contributed by atoms with van der Waals surface area (Å²) >= 11 is 1.16. The number of esters is 1. The molecule has 0 saturated carbocycles. The summed E-state index contributed by atoms with van der Waals surface area (Å²) in [7, 11) is 0. The van der Waals surface area contributed by atoms with Crippen LogP contribution < -0.4 is 11.1 Å². The summed E-state index contributed by atoms with van der Waals surface area (Å²) in [6.45, 7) is 5.80. The molecule has 0 unspecified atom stereocenters. The van der Waals surface area contributed by atoms with Gasteiger partial charge in [-0.05, 0) is 49.9 Å². The van der Waals surface area contributed by atoms with Crippen LogP contribution in [0, 0.1) is 0 Å². The van der Waals surface area contributed by atoms with E-state index in [9.17, 15) is 14.4 Å². The normalized spacial score (nSPS) is 11.9. The van der Waals surface area contributed by atoms with E-state index in [0.29, 0.717) is 17.2 Å². The fraction of sp³-hybridized carbons (Fsp3) is 0.316. The molecule has 2 rings (SSSR count). The molecule has 0 fully saturated rings. The molecule has 2 aromatic rings. The number of carbonyl (C=O) groups excluding carboxylic acids is 3. The zero-order valence-electron chi connectivity index (χ0n) is 15.4. The van der Waals surface area contributed by atoms with Crippen LogP contribution in [-0.4, -0.2) is 30.0 Å². The van der Waals surface area contributed by atoms with Crippen LogP contribution in [0.15, 0.2) is 35.7 Å². The summed E-state index contributed by atoms with van der Waals surface area (Å²) in [6.07, 6.45) is -0.920. The summed E-state index contributed by atoms with van der Waals surface area (Å²) in [5, 5.41) is 4.51. The lowest BCUT2D eigenvalue weighted by Crippen LogP contribution is -2.30. The molecule has 0 radical (unpaired) electrons. The first-order valence-electron chi connectivity index (χ1n) is 8.37. The number of nitrogens with one attached hydrogen (secondary N) is 1. The molecule has 3 N–H and O–H groups in total. The van der Waals surface area contributed by atoms with Gasteiger partial charge in [-0.1, -0.05) is 12.1 Å². The zero-order chi connectivity index (χ0) is 20.0. The summed E-state index contributed by atoms with van der Waals surface area (Å²) in [6, 6.07) is 8.31. The molecule has 0 spiro atoms. The molecular formula is C19H22N2O5S. The molecule has 1 aromatic heterocycles. The standard InChI is InChI=1S/C19H22N2O5S/c1-11(2)25-10-13-4-6-14(7-5-13)19(24)26-12(3)17(23)21-18-15(16(20)22)8-9-27-18/h4-9,11-12H,10H2,1-3H3,(H2,20,22)(H,21,23)/t12-/m0/s1. The van der Waals surface area contributed by atoms with E-state index < -0.39 is 23.9 Å². The van der Waals surface area contributed by atoms with Crippen LogP contribution in [0.5, 0.6) is 0 Å². The van der Waals surface area contributed by atoms with E-state index in [1.807, 2.05) is 13.8 Å². The Morgan fingerprint density at radius 1 is 1.11 bits per heavy atom. The second-order valence-electron chi connectivity index (χ2n) is 6.12. The third-order valence-electron chi connectivity index (χ3n) is 3.59. The van der Waals surface area contributed by atoms with Crippen molar-refractivity contribution in [3.8, 4) is 0 Å². The van der Waals surface area contributed by atoms with Crippen molar-refractivity contribution in [1.29, 1.82) is 0 Å². The Balaban J connectivity index is 1.93. The zero-order valence-corrected chi connectivity index (χ0v) is 16.2. The number of amides is 2. The van der Waals surface area contributed by atoms with Crippen LogP contribution in [-0.2, 0) is 20.9 Å². The maximum absolute atomic E-state index is 12.2. The van der Waals surface area contributed by atoms with Crippen molar-refractivity contribution >= 4 is 34.1 Å². The fourth-order valence-corrected chi connectivity index (χ4v) is 2.89. The third-order valence-corrected chi connectivity index (χ3v) is 4.42. The number of rotatable bonds is 8. The van der Waals surface area contributed by atoms with Gasteiger partial charge in [0.1, 0.15) is 5.00 Å². The van der Waals surface area contributed by atoms with Crippen molar-refractivity contribution in [2.24, 2.45) is 5.73 Å². The Hall–Kier alpha value is -2.71. The highest BCUT2D eigenvalue weighted by atomic mass is 32.1. The number of nitrogens with two attached hydrogens (primary N) is 1. The number of hydrogen-bond donors (Lipinski definition) is 2. The van der Waals surface area contributed by atoms with Gasteiger partial charge in [0.25, 0.3) is 11.8 Å². The number of hydrogen-bond acceptors (Lipinski definition) is 6. The van der Waals surface area contributed by atoms with E-state index in [1.54, 1.807) is 29.6 Å². The topological polar surface area (TPSA) is 108 Å². The maximum Gasteiger partial charge on any atom is 0.338 e. The minimum absolute atomic E-state index is 0.118. The monoisotopic (exact) mass is 390 g/mol. The Bertz CT molecular complexity index is 814. The van der Waals surface area contributed by atoms with Crippen molar-refractivity contribution in [2.45, 2.75) is 39.6 Å². The van der Waals surface area contributed by atoms with Crippen molar-refractivity contribution in [1.82, 2.24) is 0 Å². The largest absolute Gasteiger partial charge is 0.449 e. The molecule has 144 valence electrons. The average Bonchev–Trinajstić information content (AvgIpc) is 3.08. The average molecular weight is 390 g/mol. The van der Waals surface area contributed by atoms with E-state index in [0.717, 1.165) is 16.9 Å². The van der Waals surface area contributed by atoms with E-state index >= 15 is 0 Å². The first kappa shape index (κ1) is 20.6. The molecule has 27 heavy (non-hydrogen) atoms. The Morgan fingerprint density at radius 3 is 2.37 bits per heavy atom. The summed E-state index contributed by atoms with van der Waals surface area (Å²) in [4.78, 5) is 35.7. The minimum atomic E-state index is -1.04. The molecule has 0 bridgehead atoms. The summed E-state index contributed by atoms with van der Waals surface area (Å²) < 4.78 is 10.7. The van der Waals surface area contributed by atoms with Gasteiger partial charge in [0.2, 0.25) is 0 Å². The number of primary amides is 1. The van der Waals surface area contributed by atoms with Crippen LogP contribution in [0.2, 0.25) is 0 Å². The van der Waals surface area contributed by atoms with Crippen LogP contribution in [0.4, 0.5) is 5.00 Å². The van der Waals surface area contributed by atoms with Gasteiger partial charge >= 0.3 is 5.97 Å². The molecule has 1 heterocycles. The number of thiophene rings is 1. The third kappa shape index (κ3) is 5.90. The highest BCUT2D eigenvalue weighted by Crippen LogP contribution is 2.23. The molecule has 8 heteroatoms. The van der Waals surface area contributed by atoms with Crippen LogP contribution in [0.25, 0.3) is 0 Å². The first-order valence-corrected chi connectivity index (χ1v) is 9.25. The Labute approximate surface area is 161 Å². The second kappa shape index (κ2) is 9.29. The number of anilines is 1. The van der Waals surface area contributed by atoms with Gasteiger partial charge in [0, 0.05) is 0 Å². The van der Waals surface area contributed by atoms with Crippen molar-refractivity contribution in [3.63, 3.8) is 0 Å². The SMILES string of the molecule is CC(C)OCc1ccc(C(=O)O[C@@H](C)C(=O)Nc2sccc2C(N)=O)cc1. The number of benzene rings is 1. The van der Waals surface area contributed by atoms with Gasteiger partial charge < -0.3 is 20.5 Å². The predicted molar refractivity (Wildman–Crippen MR) is 103 cm³/mol. The highest BCUT2D eigenvalue weighted by molar-refractivity contribution is 7.14. The van der Waals surface area contributed by atoms with E-state index in [4.69, 9.17) is 15.2 Å². The number of carbonyl (C=O) groups is 3. The van der Waals surface area contributed by atoms with Gasteiger partial charge in [-0.15, -0.1) is 11.3 Å². The van der Waals surface area contributed by atoms with E-state index in [1.165, 1.54) is 13.0 Å². The second-order valence-corrected chi connectivity index (χ2v) is 7.04. The molecule has 2 amide bonds. The lowest BCUT2D eigenvalue weighted by molar-refractivity contribution is -0.123. The fourth-order valence-electron chi connectivity index (χ4n) is 2.10. The van der Waals surface area contributed by atoms with Crippen LogP contribution in [0.3, 0.4) is 0 Å². The highest BCUT2D eigenvalue weighted by Gasteiger charge is 2.21. The first-order chi connectivity index (χ1) is 12.8. The summed E-state index contributed by atoms with van der Waals surface area (Å²) in [5.41, 5.74) is 6.72. The molecule has 1 atom stereocenters.